The highest BCUT2D eigenvalue weighted by Crippen LogP contribution is 2.10. The Labute approximate surface area is 127 Å². The first-order chi connectivity index (χ1) is 9.99. The van der Waals surface area contributed by atoms with Gasteiger partial charge in [-0.2, -0.15) is 10.2 Å². The third-order valence-corrected chi connectivity index (χ3v) is 3.63. The first-order valence-corrected chi connectivity index (χ1v) is 7.75. The maximum Gasteiger partial charge on any atom is 0.0828 e. The number of nitrogens with one attached hydrogen (secondary N) is 1. The van der Waals surface area contributed by atoms with E-state index in [0.29, 0.717) is 5.92 Å². The summed E-state index contributed by atoms with van der Waals surface area (Å²) in [7, 11) is 2.00. The maximum absolute atomic E-state index is 4.62. The number of aryl methyl sites for hydroxylation is 3. The second-order valence-corrected chi connectivity index (χ2v) is 6.07. The fourth-order valence-corrected chi connectivity index (χ4v) is 2.37. The Morgan fingerprint density at radius 2 is 2.05 bits per heavy atom. The minimum atomic E-state index is 0.669. The zero-order chi connectivity index (χ0) is 15.4. The van der Waals surface area contributed by atoms with E-state index in [9.17, 15) is 0 Å². The monoisotopic (exact) mass is 289 g/mol. The number of hydrogen-bond donors (Lipinski definition) is 1. The van der Waals surface area contributed by atoms with Crippen LogP contribution >= 0.6 is 0 Å². The highest BCUT2D eigenvalue weighted by atomic mass is 15.3. The summed E-state index contributed by atoms with van der Waals surface area (Å²) < 4.78 is 3.96. The van der Waals surface area contributed by atoms with Crippen molar-refractivity contribution in [3.05, 3.63) is 34.9 Å². The fraction of sp³-hybridized carbons (Fsp3) is 0.625. The van der Waals surface area contributed by atoms with Crippen molar-refractivity contribution < 1.29 is 0 Å². The summed E-state index contributed by atoms with van der Waals surface area (Å²) in [4.78, 5) is 0. The molecule has 0 saturated heterocycles. The molecule has 5 heteroatoms. The number of rotatable bonds is 7. The third kappa shape index (κ3) is 4.17. The second-order valence-electron chi connectivity index (χ2n) is 6.07. The van der Waals surface area contributed by atoms with Crippen LogP contribution < -0.4 is 5.32 Å². The molecule has 0 fully saturated rings. The topological polar surface area (TPSA) is 47.7 Å². The van der Waals surface area contributed by atoms with Crippen LogP contribution in [0.3, 0.4) is 0 Å². The van der Waals surface area contributed by atoms with E-state index in [0.717, 1.165) is 37.4 Å². The molecule has 2 rings (SSSR count). The van der Waals surface area contributed by atoms with Crippen LogP contribution in [0, 0.1) is 12.8 Å². The molecule has 0 amide bonds. The predicted octanol–water partition coefficient (Wildman–Crippen LogP) is 2.28. The average Bonchev–Trinajstić information content (AvgIpc) is 2.94. The van der Waals surface area contributed by atoms with Crippen molar-refractivity contribution >= 4 is 0 Å². The van der Waals surface area contributed by atoms with Gasteiger partial charge in [0.25, 0.3) is 0 Å². The van der Waals surface area contributed by atoms with Crippen LogP contribution in [-0.2, 0) is 26.6 Å². The van der Waals surface area contributed by atoms with E-state index in [1.165, 1.54) is 11.3 Å². The highest BCUT2D eigenvalue weighted by molar-refractivity contribution is 5.17. The van der Waals surface area contributed by atoms with Crippen molar-refractivity contribution in [2.75, 3.05) is 6.54 Å². The Hall–Kier alpha value is -1.62. The van der Waals surface area contributed by atoms with Crippen molar-refractivity contribution in [2.24, 2.45) is 13.0 Å². The largest absolute Gasteiger partial charge is 0.312 e. The van der Waals surface area contributed by atoms with Gasteiger partial charge in [-0.3, -0.25) is 9.36 Å². The zero-order valence-corrected chi connectivity index (χ0v) is 13.8. The van der Waals surface area contributed by atoms with E-state index >= 15 is 0 Å². The summed E-state index contributed by atoms with van der Waals surface area (Å²) in [5.41, 5.74) is 4.70. The summed E-state index contributed by atoms with van der Waals surface area (Å²) >= 11 is 0. The first-order valence-electron chi connectivity index (χ1n) is 7.75. The molecule has 0 unspecified atom stereocenters. The summed E-state index contributed by atoms with van der Waals surface area (Å²) in [6, 6.07) is 2.16. The SMILES string of the molecule is CCc1cc(Cn2cc(CNCC(C)C)c(C)n2)n(C)n1. The molecule has 1 N–H and O–H groups in total. The quantitative estimate of drug-likeness (QED) is 0.850. The third-order valence-electron chi connectivity index (χ3n) is 3.63. The molecule has 0 saturated carbocycles. The lowest BCUT2D eigenvalue weighted by molar-refractivity contribution is 0.551. The van der Waals surface area contributed by atoms with Crippen LogP contribution in [0.15, 0.2) is 12.3 Å². The minimum Gasteiger partial charge on any atom is -0.312 e. The molecule has 2 aromatic heterocycles. The molecule has 0 aliphatic rings. The fourth-order valence-electron chi connectivity index (χ4n) is 2.37. The van der Waals surface area contributed by atoms with Gasteiger partial charge in [0.15, 0.2) is 0 Å². The lowest BCUT2D eigenvalue weighted by Gasteiger charge is -2.06. The standard InChI is InChI=1S/C16H27N5/c1-6-15-7-16(20(5)19-15)11-21-10-14(13(4)18-21)9-17-8-12(2)3/h7,10,12,17H,6,8-9,11H2,1-5H3. The molecular formula is C16H27N5. The number of aromatic nitrogens is 4. The van der Waals surface area contributed by atoms with Gasteiger partial charge < -0.3 is 5.32 Å². The summed E-state index contributed by atoms with van der Waals surface area (Å²) in [5.74, 6) is 0.669. The van der Waals surface area contributed by atoms with Gasteiger partial charge in [-0.15, -0.1) is 0 Å². The van der Waals surface area contributed by atoms with E-state index < -0.39 is 0 Å². The number of hydrogen-bond acceptors (Lipinski definition) is 3. The van der Waals surface area contributed by atoms with Crippen LogP contribution in [-0.4, -0.2) is 26.1 Å². The van der Waals surface area contributed by atoms with Gasteiger partial charge in [0.1, 0.15) is 0 Å². The molecule has 0 aromatic carbocycles. The Bertz CT molecular complexity index is 580. The van der Waals surface area contributed by atoms with Gasteiger partial charge in [0.2, 0.25) is 0 Å². The lowest BCUT2D eigenvalue weighted by Crippen LogP contribution is -2.19. The average molecular weight is 289 g/mol. The predicted molar refractivity (Wildman–Crippen MR) is 85.2 cm³/mol. The Morgan fingerprint density at radius 3 is 2.67 bits per heavy atom. The molecule has 2 heterocycles. The van der Waals surface area contributed by atoms with Gasteiger partial charge in [-0.1, -0.05) is 20.8 Å². The molecule has 0 atom stereocenters. The van der Waals surface area contributed by atoms with Crippen molar-refractivity contribution in [1.29, 1.82) is 0 Å². The first kappa shape index (κ1) is 15.8. The number of nitrogens with zero attached hydrogens (tertiary/aromatic N) is 4. The van der Waals surface area contributed by atoms with Crippen LogP contribution in [0.1, 0.15) is 43.4 Å². The summed E-state index contributed by atoms with van der Waals surface area (Å²) in [6.07, 6.45) is 3.11. The van der Waals surface area contributed by atoms with Gasteiger partial charge in [-0.05, 0) is 31.9 Å². The van der Waals surface area contributed by atoms with E-state index in [1.54, 1.807) is 0 Å². The summed E-state index contributed by atoms with van der Waals surface area (Å²) in [5, 5.41) is 12.6. The molecule has 116 valence electrons. The molecule has 0 aliphatic carbocycles. The molecule has 5 nitrogen and oxygen atoms in total. The smallest absolute Gasteiger partial charge is 0.0828 e. The highest BCUT2D eigenvalue weighted by Gasteiger charge is 2.08. The molecule has 0 radical (unpaired) electrons. The van der Waals surface area contributed by atoms with Crippen molar-refractivity contribution in [3.63, 3.8) is 0 Å². The molecule has 21 heavy (non-hydrogen) atoms. The van der Waals surface area contributed by atoms with E-state index in [2.05, 4.69) is 55.5 Å². The minimum absolute atomic E-state index is 0.669. The van der Waals surface area contributed by atoms with Gasteiger partial charge >= 0.3 is 0 Å². The van der Waals surface area contributed by atoms with E-state index in [-0.39, 0.29) is 0 Å². The van der Waals surface area contributed by atoms with Crippen LogP contribution in [0.25, 0.3) is 0 Å². The molecule has 0 aliphatic heterocycles. The van der Waals surface area contributed by atoms with Gasteiger partial charge in [0.05, 0.1) is 23.6 Å². The zero-order valence-electron chi connectivity index (χ0n) is 13.8. The van der Waals surface area contributed by atoms with E-state index in [1.807, 2.05) is 16.4 Å². The Morgan fingerprint density at radius 1 is 1.29 bits per heavy atom. The Kier molecular flexibility index (Phi) is 5.17. The van der Waals surface area contributed by atoms with Gasteiger partial charge in [0, 0.05) is 25.4 Å². The van der Waals surface area contributed by atoms with Crippen molar-refractivity contribution in [3.8, 4) is 0 Å². The molecule has 2 aromatic rings. The normalized spacial score (nSPS) is 11.5. The second kappa shape index (κ2) is 6.89. The summed E-state index contributed by atoms with van der Waals surface area (Å²) in [6.45, 7) is 11.3. The van der Waals surface area contributed by atoms with Crippen LogP contribution in [0.5, 0.6) is 0 Å². The maximum atomic E-state index is 4.62. The Balaban J connectivity index is 2.02. The van der Waals surface area contributed by atoms with Crippen molar-refractivity contribution in [2.45, 2.75) is 47.2 Å². The van der Waals surface area contributed by atoms with Gasteiger partial charge in [-0.25, -0.2) is 0 Å². The van der Waals surface area contributed by atoms with Crippen LogP contribution in [0.2, 0.25) is 0 Å². The lowest BCUT2D eigenvalue weighted by atomic mass is 10.2. The van der Waals surface area contributed by atoms with Crippen molar-refractivity contribution in [1.82, 2.24) is 24.9 Å². The molecule has 0 bridgehead atoms. The van der Waals surface area contributed by atoms with E-state index in [4.69, 9.17) is 0 Å². The molecule has 0 spiro atoms. The van der Waals surface area contributed by atoms with Crippen LogP contribution in [0.4, 0.5) is 0 Å². The molecular weight excluding hydrogens is 262 g/mol.